The molecule has 1 aliphatic heterocycles. The zero-order valence-corrected chi connectivity index (χ0v) is 17.7. The molecule has 0 spiro atoms. The molecule has 1 aromatic heterocycles. The van der Waals surface area contributed by atoms with Crippen molar-refractivity contribution in [2.75, 3.05) is 13.2 Å². The number of carbonyl (C=O) groups is 2. The lowest BCUT2D eigenvalue weighted by atomic mass is 9.93. The quantitative estimate of drug-likeness (QED) is 0.760. The summed E-state index contributed by atoms with van der Waals surface area (Å²) in [6.45, 7) is -0.0596. The van der Waals surface area contributed by atoms with Gasteiger partial charge in [-0.1, -0.05) is 6.42 Å². The summed E-state index contributed by atoms with van der Waals surface area (Å²) in [6, 6.07) is 5.59. The molecular weight excluding hydrogens is 413 g/mol. The minimum atomic E-state index is -0.593. The van der Waals surface area contributed by atoms with Crippen LogP contribution < -0.4 is 10.9 Å². The molecule has 5 rings (SSSR count). The molecule has 2 aromatic rings. The zero-order valence-electron chi connectivity index (χ0n) is 17.7. The van der Waals surface area contributed by atoms with E-state index in [4.69, 9.17) is 0 Å². The molecule has 0 saturated heterocycles. The lowest BCUT2D eigenvalue weighted by Crippen LogP contribution is -2.44. The van der Waals surface area contributed by atoms with Crippen LogP contribution in [0, 0.1) is 17.7 Å². The number of carbonyl (C=O) groups excluding carboxylic acids is 2. The number of nitrogens with zero attached hydrogens (tertiary/aromatic N) is 2. The maximum absolute atomic E-state index is 13.5. The van der Waals surface area contributed by atoms with Crippen molar-refractivity contribution in [3.8, 4) is 5.69 Å². The number of benzene rings is 1. The molecule has 32 heavy (non-hydrogen) atoms. The molecule has 2 saturated carbocycles. The minimum Gasteiger partial charge on any atom is -0.387 e. The molecule has 168 valence electrons. The van der Waals surface area contributed by atoms with Gasteiger partial charge < -0.3 is 15.3 Å². The summed E-state index contributed by atoms with van der Waals surface area (Å²) in [5.74, 6) is -0.0662. The van der Waals surface area contributed by atoms with Crippen molar-refractivity contribution in [1.82, 2.24) is 14.8 Å². The number of nitrogens with one attached hydrogen (secondary N) is 1. The standard InChI is InChI=1S/C24H26FN3O4/c25-17-3-5-18(6-4-17)28-12-16-11-27(21(30)13-29)8-7-19(16)22(24(28)32)23(31)26-20-10-14-1-2-15(20)9-14/h3-6,12,14-15,20,29H,1-2,7-11,13H2,(H,26,31)/t14-,15+,20-/m1/s1. The summed E-state index contributed by atoms with van der Waals surface area (Å²) >= 11 is 0. The van der Waals surface area contributed by atoms with Gasteiger partial charge in [0.25, 0.3) is 11.5 Å². The predicted octanol–water partition coefficient (Wildman–Crippen LogP) is 1.77. The van der Waals surface area contributed by atoms with Gasteiger partial charge in [-0.2, -0.15) is 0 Å². The van der Waals surface area contributed by atoms with Crippen molar-refractivity contribution < 1.29 is 19.1 Å². The van der Waals surface area contributed by atoms with Crippen LogP contribution in [0.15, 0.2) is 35.3 Å². The Hall–Kier alpha value is -3.00. The fraction of sp³-hybridized carbons (Fsp3) is 0.458. The molecule has 2 amide bonds. The topological polar surface area (TPSA) is 91.6 Å². The fourth-order valence-corrected chi connectivity index (χ4v) is 5.66. The molecule has 7 nitrogen and oxygen atoms in total. The van der Waals surface area contributed by atoms with Crippen LogP contribution in [-0.2, 0) is 17.8 Å². The van der Waals surface area contributed by atoms with Crippen LogP contribution >= 0.6 is 0 Å². The van der Waals surface area contributed by atoms with Gasteiger partial charge >= 0.3 is 0 Å². The first-order valence-electron chi connectivity index (χ1n) is 11.2. The molecule has 0 radical (unpaired) electrons. The van der Waals surface area contributed by atoms with E-state index in [-0.39, 0.29) is 24.1 Å². The Balaban J connectivity index is 1.56. The third kappa shape index (κ3) is 3.62. The van der Waals surface area contributed by atoms with E-state index in [1.807, 2.05) is 0 Å². The Morgan fingerprint density at radius 1 is 1.16 bits per heavy atom. The van der Waals surface area contributed by atoms with Gasteiger partial charge in [0.05, 0.1) is 0 Å². The second-order valence-corrected chi connectivity index (χ2v) is 9.14. The zero-order chi connectivity index (χ0) is 22.4. The molecule has 2 bridgehead atoms. The van der Waals surface area contributed by atoms with E-state index in [2.05, 4.69) is 5.32 Å². The van der Waals surface area contributed by atoms with Crippen LogP contribution in [0.2, 0.25) is 0 Å². The number of hydrogen-bond acceptors (Lipinski definition) is 4. The lowest BCUT2D eigenvalue weighted by Gasteiger charge is -2.30. The SMILES string of the molecule is O=C(N[C@@H]1C[C@@H]2CC[C@H]1C2)c1c2c(cn(-c3ccc(F)cc3)c1=O)CN(C(=O)CO)CC2. The van der Waals surface area contributed by atoms with Crippen LogP contribution in [0.1, 0.15) is 47.2 Å². The first kappa shape index (κ1) is 20.9. The first-order valence-corrected chi connectivity index (χ1v) is 11.2. The molecule has 3 aliphatic rings. The highest BCUT2D eigenvalue weighted by atomic mass is 19.1. The Morgan fingerprint density at radius 2 is 1.94 bits per heavy atom. The van der Waals surface area contributed by atoms with Crippen molar-refractivity contribution in [2.24, 2.45) is 11.8 Å². The summed E-state index contributed by atoms with van der Waals surface area (Å²) in [6.07, 6.45) is 6.40. The average molecular weight is 439 g/mol. The van der Waals surface area contributed by atoms with E-state index >= 15 is 0 Å². The Labute approximate surface area is 184 Å². The summed E-state index contributed by atoms with van der Waals surface area (Å²) in [5.41, 5.74) is 1.43. The second-order valence-electron chi connectivity index (χ2n) is 9.14. The highest BCUT2D eigenvalue weighted by molar-refractivity contribution is 5.96. The van der Waals surface area contributed by atoms with Crippen molar-refractivity contribution in [1.29, 1.82) is 0 Å². The number of halogens is 1. The Bertz CT molecular complexity index is 1130. The van der Waals surface area contributed by atoms with Crippen LogP contribution in [-0.4, -0.2) is 45.6 Å². The van der Waals surface area contributed by atoms with Gasteiger partial charge in [-0.3, -0.25) is 19.0 Å². The predicted molar refractivity (Wildman–Crippen MR) is 115 cm³/mol. The number of aromatic nitrogens is 1. The van der Waals surface area contributed by atoms with Gasteiger partial charge in [-0.15, -0.1) is 0 Å². The number of aliphatic hydroxyl groups excluding tert-OH is 1. The van der Waals surface area contributed by atoms with Crippen LogP contribution in [0.25, 0.3) is 5.69 Å². The smallest absolute Gasteiger partial charge is 0.268 e. The molecule has 2 fully saturated rings. The normalized spacial score (nSPS) is 23.8. The number of pyridine rings is 1. The van der Waals surface area contributed by atoms with E-state index in [0.29, 0.717) is 41.6 Å². The number of rotatable bonds is 4. The fourth-order valence-electron chi connectivity index (χ4n) is 5.66. The molecule has 2 aliphatic carbocycles. The van der Waals surface area contributed by atoms with Crippen molar-refractivity contribution in [3.05, 3.63) is 63.3 Å². The van der Waals surface area contributed by atoms with Gasteiger partial charge in [0.2, 0.25) is 5.91 Å². The van der Waals surface area contributed by atoms with Crippen molar-refractivity contribution in [3.63, 3.8) is 0 Å². The molecule has 1 aromatic carbocycles. The van der Waals surface area contributed by atoms with Gasteiger partial charge in [-0.05, 0) is 72.9 Å². The van der Waals surface area contributed by atoms with E-state index in [1.165, 1.54) is 40.2 Å². The van der Waals surface area contributed by atoms with Crippen molar-refractivity contribution in [2.45, 2.75) is 44.7 Å². The Morgan fingerprint density at radius 3 is 2.59 bits per heavy atom. The molecule has 8 heteroatoms. The van der Waals surface area contributed by atoms with E-state index in [0.717, 1.165) is 19.3 Å². The minimum absolute atomic E-state index is 0.0897. The molecular formula is C24H26FN3O4. The number of amides is 2. The van der Waals surface area contributed by atoms with Gasteiger partial charge in [0.1, 0.15) is 18.0 Å². The summed E-state index contributed by atoms with van der Waals surface area (Å²) < 4.78 is 14.8. The Kier molecular flexibility index (Phi) is 5.33. The molecule has 3 atom stereocenters. The number of hydrogen-bond donors (Lipinski definition) is 2. The van der Waals surface area contributed by atoms with Crippen LogP contribution in [0.4, 0.5) is 4.39 Å². The highest BCUT2D eigenvalue weighted by Crippen LogP contribution is 2.44. The lowest BCUT2D eigenvalue weighted by molar-refractivity contribution is -0.135. The number of fused-ring (bicyclic) bond motifs is 3. The van der Waals surface area contributed by atoms with E-state index in [9.17, 15) is 23.9 Å². The van der Waals surface area contributed by atoms with Gasteiger partial charge in [-0.25, -0.2) is 4.39 Å². The summed E-state index contributed by atoms with van der Waals surface area (Å²) in [7, 11) is 0. The van der Waals surface area contributed by atoms with E-state index in [1.54, 1.807) is 6.20 Å². The van der Waals surface area contributed by atoms with Crippen LogP contribution in [0.3, 0.4) is 0 Å². The third-order valence-corrected chi connectivity index (χ3v) is 7.27. The number of aliphatic hydroxyl groups is 1. The van der Waals surface area contributed by atoms with Gasteiger partial charge in [0.15, 0.2) is 0 Å². The average Bonchev–Trinajstić information content (AvgIpc) is 3.41. The first-order chi connectivity index (χ1) is 15.4. The largest absolute Gasteiger partial charge is 0.387 e. The van der Waals surface area contributed by atoms with Crippen molar-refractivity contribution >= 4 is 11.8 Å². The van der Waals surface area contributed by atoms with E-state index < -0.39 is 23.9 Å². The summed E-state index contributed by atoms with van der Waals surface area (Å²) in [4.78, 5) is 40.4. The maximum Gasteiger partial charge on any atom is 0.268 e. The maximum atomic E-state index is 13.5. The molecule has 2 heterocycles. The molecule has 0 unspecified atom stereocenters. The monoisotopic (exact) mass is 439 g/mol. The molecule has 2 N–H and O–H groups in total. The van der Waals surface area contributed by atoms with Gasteiger partial charge in [0, 0.05) is 31.0 Å². The summed E-state index contributed by atoms with van der Waals surface area (Å²) in [5, 5.41) is 12.4. The van der Waals surface area contributed by atoms with Crippen LogP contribution in [0.5, 0.6) is 0 Å². The third-order valence-electron chi connectivity index (χ3n) is 7.27. The second kappa shape index (κ2) is 8.16. The highest BCUT2D eigenvalue weighted by Gasteiger charge is 2.41.